The van der Waals surface area contributed by atoms with E-state index in [4.69, 9.17) is 10.8 Å². The summed E-state index contributed by atoms with van der Waals surface area (Å²) in [4.78, 5) is 12.5. The predicted molar refractivity (Wildman–Crippen MR) is 120 cm³/mol. The van der Waals surface area contributed by atoms with Gasteiger partial charge < -0.3 is 9.74 Å². The number of nitrogens with one attached hydrogen (secondary N) is 1. The van der Waals surface area contributed by atoms with E-state index in [1.54, 1.807) is 0 Å². The fourth-order valence-electron chi connectivity index (χ4n) is 2.85. The van der Waals surface area contributed by atoms with Crippen molar-refractivity contribution in [1.82, 2.24) is 5.32 Å². The lowest BCUT2D eigenvalue weighted by molar-refractivity contribution is -0.128. The van der Waals surface area contributed by atoms with Gasteiger partial charge in [0.1, 0.15) is 6.10 Å². The summed E-state index contributed by atoms with van der Waals surface area (Å²) in [5.74, 6) is 2.43. The van der Waals surface area contributed by atoms with Crippen molar-refractivity contribution in [3.63, 3.8) is 0 Å². The van der Waals surface area contributed by atoms with Crippen LogP contribution in [-0.4, -0.2) is 26.9 Å². The van der Waals surface area contributed by atoms with E-state index in [2.05, 4.69) is 52.0 Å². The Balaban J connectivity index is 4.26. The molecule has 0 rings (SSSR count). The maximum atomic E-state index is 12.5. The highest BCUT2D eigenvalue weighted by Crippen LogP contribution is 2.37. The Bertz CT molecular complexity index is 435. The summed E-state index contributed by atoms with van der Waals surface area (Å²) in [7, 11) is -1.98. The second kappa shape index (κ2) is 14.2. The van der Waals surface area contributed by atoms with Gasteiger partial charge in [-0.1, -0.05) is 97.8 Å². The molecule has 0 fully saturated rings. The summed E-state index contributed by atoms with van der Waals surface area (Å²) in [5.41, 5.74) is 0. The van der Waals surface area contributed by atoms with Crippen LogP contribution < -0.4 is 5.32 Å². The van der Waals surface area contributed by atoms with Gasteiger partial charge in [-0.25, -0.2) is 0 Å². The van der Waals surface area contributed by atoms with E-state index in [0.717, 1.165) is 12.8 Å². The van der Waals surface area contributed by atoms with Crippen molar-refractivity contribution in [2.75, 3.05) is 6.54 Å². The van der Waals surface area contributed by atoms with Gasteiger partial charge in [-0.3, -0.25) is 4.79 Å². The highest BCUT2D eigenvalue weighted by atomic mass is 28.4. The summed E-state index contributed by atoms with van der Waals surface area (Å²) in [6.07, 6.45) is 18.6. The first-order chi connectivity index (χ1) is 12.7. The molecule has 0 aliphatic rings. The van der Waals surface area contributed by atoms with Crippen molar-refractivity contribution in [3.05, 3.63) is 0 Å². The lowest BCUT2D eigenvalue weighted by atomic mass is 10.0. The van der Waals surface area contributed by atoms with Gasteiger partial charge in [-0.15, -0.1) is 6.42 Å². The molecule has 0 saturated heterocycles. The predicted octanol–water partition coefficient (Wildman–Crippen LogP) is 6.44. The van der Waals surface area contributed by atoms with E-state index in [-0.39, 0.29) is 23.6 Å². The zero-order valence-electron chi connectivity index (χ0n) is 19.0. The quantitative estimate of drug-likeness (QED) is 0.197. The largest absolute Gasteiger partial charge is 0.405 e. The van der Waals surface area contributed by atoms with Gasteiger partial charge in [0, 0.05) is 0 Å². The van der Waals surface area contributed by atoms with E-state index >= 15 is 0 Å². The third-order valence-electron chi connectivity index (χ3n) is 5.72. The third-order valence-corrected chi connectivity index (χ3v) is 10.2. The van der Waals surface area contributed by atoms with Crippen molar-refractivity contribution in [3.8, 4) is 12.3 Å². The molecule has 0 saturated carbocycles. The van der Waals surface area contributed by atoms with Gasteiger partial charge >= 0.3 is 0 Å². The van der Waals surface area contributed by atoms with Gasteiger partial charge in [0.05, 0.1) is 6.54 Å². The van der Waals surface area contributed by atoms with Crippen LogP contribution in [0.3, 0.4) is 0 Å². The summed E-state index contributed by atoms with van der Waals surface area (Å²) < 4.78 is 6.40. The molecule has 0 aromatic carbocycles. The molecular weight excluding hydrogens is 350 g/mol. The van der Waals surface area contributed by atoms with E-state index in [1.165, 1.54) is 57.8 Å². The number of unbranched alkanes of at least 4 members (excludes halogenated alkanes) is 9. The van der Waals surface area contributed by atoms with E-state index < -0.39 is 8.32 Å². The Hall–Kier alpha value is -0.793. The topological polar surface area (TPSA) is 38.3 Å². The van der Waals surface area contributed by atoms with Crippen LogP contribution in [0, 0.1) is 12.3 Å². The smallest absolute Gasteiger partial charge is 0.248 e. The molecule has 1 atom stereocenters. The minimum Gasteiger partial charge on any atom is -0.405 e. The molecule has 0 aromatic rings. The van der Waals surface area contributed by atoms with Crippen molar-refractivity contribution in [1.29, 1.82) is 0 Å². The van der Waals surface area contributed by atoms with E-state index in [9.17, 15) is 4.79 Å². The minimum atomic E-state index is -1.98. The summed E-state index contributed by atoms with van der Waals surface area (Å²) in [5, 5.41) is 2.91. The van der Waals surface area contributed by atoms with Crippen LogP contribution in [0.5, 0.6) is 0 Å². The number of amides is 1. The molecule has 0 aliphatic carbocycles. The van der Waals surface area contributed by atoms with Crippen molar-refractivity contribution >= 4 is 14.2 Å². The average Bonchev–Trinajstić information content (AvgIpc) is 2.59. The third kappa shape index (κ3) is 12.3. The number of carbonyl (C=O) groups is 1. The molecule has 3 nitrogen and oxygen atoms in total. The van der Waals surface area contributed by atoms with Crippen LogP contribution in [0.25, 0.3) is 0 Å². The Morgan fingerprint density at radius 1 is 1.00 bits per heavy atom. The van der Waals surface area contributed by atoms with Crippen LogP contribution in [-0.2, 0) is 9.22 Å². The van der Waals surface area contributed by atoms with Gasteiger partial charge in [-0.2, -0.15) is 0 Å². The van der Waals surface area contributed by atoms with Gasteiger partial charge in [0.25, 0.3) is 0 Å². The molecule has 0 aromatic heterocycles. The number of hydrogen-bond donors (Lipinski definition) is 1. The zero-order chi connectivity index (χ0) is 20.8. The van der Waals surface area contributed by atoms with Crippen LogP contribution in [0.2, 0.25) is 18.1 Å². The number of rotatable bonds is 15. The second-order valence-corrected chi connectivity index (χ2v) is 14.0. The van der Waals surface area contributed by atoms with E-state index in [1.807, 2.05) is 0 Å². The average molecular weight is 396 g/mol. The fourth-order valence-corrected chi connectivity index (χ4v) is 4.13. The SMILES string of the molecule is C#CCNC(=O)C(CCCCCCCCCCCC)O[Si](C)(C)C(C)(C)C. The first-order valence-corrected chi connectivity index (χ1v) is 14.0. The first kappa shape index (κ1) is 26.2. The van der Waals surface area contributed by atoms with Gasteiger partial charge in [0.15, 0.2) is 8.32 Å². The monoisotopic (exact) mass is 395 g/mol. The molecule has 0 heterocycles. The maximum absolute atomic E-state index is 12.5. The summed E-state index contributed by atoms with van der Waals surface area (Å²) >= 11 is 0. The molecule has 0 spiro atoms. The molecule has 27 heavy (non-hydrogen) atoms. The molecule has 4 heteroatoms. The Kier molecular flexibility index (Phi) is 13.8. The van der Waals surface area contributed by atoms with Crippen molar-refractivity contribution in [2.45, 2.75) is 123 Å². The van der Waals surface area contributed by atoms with Gasteiger partial charge in [0.2, 0.25) is 5.91 Å². The van der Waals surface area contributed by atoms with Crippen molar-refractivity contribution < 1.29 is 9.22 Å². The summed E-state index contributed by atoms with van der Waals surface area (Å²) in [6.45, 7) is 13.5. The first-order valence-electron chi connectivity index (χ1n) is 11.0. The molecule has 1 N–H and O–H groups in total. The Labute approximate surface area is 170 Å². The minimum absolute atomic E-state index is 0.0475. The molecule has 0 radical (unpaired) electrons. The Morgan fingerprint density at radius 3 is 1.93 bits per heavy atom. The molecular formula is C23H45NO2Si. The van der Waals surface area contributed by atoms with E-state index in [0.29, 0.717) is 0 Å². The zero-order valence-corrected chi connectivity index (χ0v) is 20.0. The Morgan fingerprint density at radius 2 is 1.48 bits per heavy atom. The lowest BCUT2D eigenvalue weighted by Crippen LogP contribution is -2.48. The second-order valence-electron chi connectivity index (χ2n) is 9.26. The number of terminal acetylenes is 1. The van der Waals surface area contributed by atoms with Crippen LogP contribution in [0.1, 0.15) is 98.3 Å². The fraction of sp³-hybridized carbons (Fsp3) is 0.870. The molecule has 0 bridgehead atoms. The molecule has 1 unspecified atom stereocenters. The highest BCUT2D eigenvalue weighted by molar-refractivity contribution is 6.74. The number of hydrogen-bond acceptors (Lipinski definition) is 2. The standard InChI is InChI=1S/C23H45NO2Si/c1-8-10-11-12-13-14-15-16-17-18-19-21(22(25)24-20-9-2)26-27(6,7)23(3,4)5/h2,21H,8,10-20H2,1,3-7H3,(H,24,25). The van der Waals surface area contributed by atoms with Crippen LogP contribution >= 0.6 is 0 Å². The highest BCUT2D eigenvalue weighted by Gasteiger charge is 2.40. The molecule has 158 valence electrons. The van der Waals surface area contributed by atoms with Gasteiger partial charge in [-0.05, 0) is 24.6 Å². The normalized spacial score (nSPS) is 13.2. The van der Waals surface area contributed by atoms with Crippen molar-refractivity contribution in [2.24, 2.45) is 0 Å². The lowest BCUT2D eigenvalue weighted by Gasteiger charge is -2.38. The summed E-state index contributed by atoms with van der Waals surface area (Å²) in [6, 6.07) is 0. The van der Waals surface area contributed by atoms with Crippen LogP contribution in [0.4, 0.5) is 0 Å². The maximum Gasteiger partial charge on any atom is 0.248 e. The molecule has 1 amide bonds. The molecule has 0 aliphatic heterocycles. The van der Waals surface area contributed by atoms with Crippen LogP contribution in [0.15, 0.2) is 0 Å². The number of carbonyl (C=O) groups excluding carboxylic acids is 1.